The van der Waals surface area contributed by atoms with E-state index >= 15 is 0 Å². The van der Waals surface area contributed by atoms with Gasteiger partial charge in [0.2, 0.25) is 0 Å². The summed E-state index contributed by atoms with van der Waals surface area (Å²) in [6.45, 7) is 10.6. The molecule has 0 saturated heterocycles. The monoisotopic (exact) mass is 335 g/mol. The number of nitrogens with two attached hydrogens (primary N) is 1. The lowest BCUT2D eigenvalue weighted by Crippen LogP contribution is -2.16. The summed E-state index contributed by atoms with van der Waals surface area (Å²) in [4.78, 5) is 0. The lowest BCUT2D eigenvalue weighted by molar-refractivity contribution is 0.212. The van der Waals surface area contributed by atoms with Gasteiger partial charge in [-0.3, -0.25) is 4.57 Å². The molecule has 1 aromatic carbocycles. The van der Waals surface area contributed by atoms with Gasteiger partial charge in [-0.2, -0.15) is 0 Å². The first-order valence-electron chi connectivity index (χ1n) is 6.99. The highest BCUT2D eigenvalue weighted by Gasteiger charge is 2.33. The Morgan fingerprint density at radius 1 is 1.10 bits per heavy atom. The van der Waals surface area contributed by atoms with Crippen molar-refractivity contribution in [2.24, 2.45) is 5.73 Å². The number of halogens is 1. The van der Waals surface area contributed by atoms with Gasteiger partial charge in [0.25, 0.3) is 0 Å². The fraction of sp³-hybridized carbons (Fsp3) is 0.600. The molecule has 0 fully saturated rings. The molecule has 122 valence electrons. The number of benzene rings is 1. The Labute approximate surface area is 134 Å². The van der Waals surface area contributed by atoms with E-state index in [4.69, 9.17) is 14.8 Å². The molecule has 1 rings (SSSR count). The van der Waals surface area contributed by atoms with E-state index in [2.05, 4.69) is 20.8 Å². The largest absolute Gasteiger partial charge is 0.351 e. The van der Waals surface area contributed by atoms with Gasteiger partial charge in [-0.25, -0.2) is 0 Å². The molecule has 4 nitrogen and oxygen atoms in total. The van der Waals surface area contributed by atoms with Crippen LogP contribution in [0.5, 0.6) is 0 Å². The normalized spacial score (nSPS) is 13.6. The van der Waals surface area contributed by atoms with E-state index in [9.17, 15) is 4.57 Å². The lowest BCUT2D eigenvalue weighted by atomic mass is 9.87. The molecular weight excluding hydrogens is 309 g/mol. The Morgan fingerprint density at radius 2 is 1.52 bits per heavy atom. The van der Waals surface area contributed by atoms with Gasteiger partial charge in [0.15, 0.2) is 0 Å². The van der Waals surface area contributed by atoms with Gasteiger partial charge in [0.1, 0.15) is 5.78 Å². The molecule has 21 heavy (non-hydrogen) atoms. The van der Waals surface area contributed by atoms with Crippen LogP contribution in [0, 0.1) is 0 Å². The van der Waals surface area contributed by atoms with E-state index in [1.54, 1.807) is 13.8 Å². The van der Waals surface area contributed by atoms with Crippen molar-refractivity contribution in [2.45, 2.75) is 45.8 Å². The van der Waals surface area contributed by atoms with Crippen LogP contribution >= 0.6 is 20.0 Å². The minimum atomic E-state index is -3.31. The molecule has 1 unspecified atom stereocenters. The number of rotatable bonds is 6. The third-order valence-electron chi connectivity index (χ3n) is 3.08. The molecule has 0 amide bonds. The Balaban J connectivity index is 0.00000400. The predicted molar refractivity (Wildman–Crippen MR) is 90.2 cm³/mol. The summed E-state index contributed by atoms with van der Waals surface area (Å²) in [5.41, 5.74) is 8.14. The van der Waals surface area contributed by atoms with Crippen LogP contribution in [0.15, 0.2) is 24.3 Å². The molecule has 6 heteroatoms. The van der Waals surface area contributed by atoms with Gasteiger partial charge in [-0.15, -0.1) is 12.4 Å². The Kier molecular flexibility index (Phi) is 8.15. The van der Waals surface area contributed by atoms with Crippen molar-refractivity contribution in [3.63, 3.8) is 0 Å². The Morgan fingerprint density at radius 3 is 1.86 bits per heavy atom. The highest BCUT2D eigenvalue weighted by molar-refractivity contribution is 7.54. The topological polar surface area (TPSA) is 61.5 Å². The summed E-state index contributed by atoms with van der Waals surface area (Å²) in [6, 6.07) is 7.82. The van der Waals surface area contributed by atoms with Crippen LogP contribution in [-0.2, 0) is 19.0 Å². The van der Waals surface area contributed by atoms with Crippen LogP contribution in [0.1, 0.15) is 51.5 Å². The summed E-state index contributed by atoms with van der Waals surface area (Å²) in [7, 11) is -3.31. The van der Waals surface area contributed by atoms with E-state index < -0.39 is 13.4 Å². The molecule has 0 saturated carbocycles. The molecule has 0 bridgehead atoms. The van der Waals surface area contributed by atoms with Crippen LogP contribution in [0.3, 0.4) is 0 Å². The van der Waals surface area contributed by atoms with Crippen molar-refractivity contribution in [3.05, 3.63) is 35.4 Å². The number of hydrogen-bond acceptors (Lipinski definition) is 4. The van der Waals surface area contributed by atoms with Crippen molar-refractivity contribution in [1.29, 1.82) is 0 Å². The predicted octanol–water partition coefficient (Wildman–Crippen LogP) is 4.63. The van der Waals surface area contributed by atoms with Gasteiger partial charge in [0.05, 0.1) is 13.2 Å². The maximum atomic E-state index is 12.6. The zero-order valence-electron chi connectivity index (χ0n) is 13.5. The van der Waals surface area contributed by atoms with Crippen LogP contribution in [-0.4, -0.2) is 13.2 Å². The van der Waals surface area contributed by atoms with Gasteiger partial charge in [0, 0.05) is 0 Å². The first kappa shape index (κ1) is 20.6. The summed E-state index contributed by atoms with van der Waals surface area (Å²) in [5, 5.41) is 0. The van der Waals surface area contributed by atoms with E-state index in [-0.39, 0.29) is 17.8 Å². The minimum absolute atomic E-state index is 0. The maximum Gasteiger partial charge on any atom is 0.351 e. The van der Waals surface area contributed by atoms with Crippen LogP contribution in [0.25, 0.3) is 0 Å². The first-order valence-corrected chi connectivity index (χ1v) is 8.60. The van der Waals surface area contributed by atoms with E-state index in [0.717, 1.165) is 5.56 Å². The third-order valence-corrected chi connectivity index (χ3v) is 5.29. The van der Waals surface area contributed by atoms with Gasteiger partial charge >= 0.3 is 7.60 Å². The summed E-state index contributed by atoms with van der Waals surface area (Å²) < 4.78 is 23.2. The first-order chi connectivity index (χ1) is 9.24. The zero-order chi connectivity index (χ0) is 15.4. The van der Waals surface area contributed by atoms with Crippen LogP contribution in [0.4, 0.5) is 0 Å². The fourth-order valence-electron chi connectivity index (χ4n) is 1.92. The quantitative estimate of drug-likeness (QED) is 0.770. The molecule has 2 N–H and O–H groups in total. The standard InChI is InChI=1S/C15H26NO3P.ClH/c1-6-18-20(17,19-7-2)14(16)12-8-10-13(11-9-12)15(3,4)5;/h8-11,14H,6-7,16H2,1-5H3;1H. The molecule has 0 aliphatic heterocycles. The highest BCUT2D eigenvalue weighted by Crippen LogP contribution is 2.58. The van der Waals surface area contributed by atoms with Crippen molar-refractivity contribution in [2.75, 3.05) is 13.2 Å². The second-order valence-electron chi connectivity index (χ2n) is 5.69. The SMILES string of the molecule is CCOP(=O)(OCC)C(N)c1ccc(C(C)(C)C)cc1.Cl. The highest BCUT2D eigenvalue weighted by atomic mass is 35.5. The molecule has 0 radical (unpaired) electrons. The Hall–Kier alpha value is -0.380. The van der Waals surface area contributed by atoms with Gasteiger partial charge < -0.3 is 14.8 Å². The fourth-order valence-corrected chi connectivity index (χ4v) is 3.57. The second kappa shape index (κ2) is 8.30. The number of hydrogen-bond donors (Lipinski definition) is 1. The summed E-state index contributed by atoms with van der Waals surface area (Å²) >= 11 is 0. The molecule has 0 spiro atoms. The average molecular weight is 336 g/mol. The average Bonchev–Trinajstić information content (AvgIpc) is 2.37. The van der Waals surface area contributed by atoms with E-state index in [0.29, 0.717) is 13.2 Å². The van der Waals surface area contributed by atoms with E-state index in [1.807, 2.05) is 24.3 Å². The lowest BCUT2D eigenvalue weighted by Gasteiger charge is -2.24. The van der Waals surface area contributed by atoms with Crippen molar-refractivity contribution in [1.82, 2.24) is 0 Å². The molecule has 0 aliphatic rings. The van der Waals surface area contributed by atoms with Gasteiger partial charge in [-0.1, -0.05) is 45.0 Å². The second-order valence-corrected chi connectivity index (χ2v) is 7.84. The van der Waals surface area contributed by atoms with Crippen LogP contribution in [0.2, 0.25) is 0 Å². The van der Waals surface area contributed by atoms with Crippen LogP contribution < -0.4 is 5.73 Å². The van der Waals surface area contributed by atoms with E-state index in [1.165, 1.54) is 5.56 Å². The minimum Gasteiger partial charge on any atom is -0.314 e. The maximum absolute atomic E-state index is 12.6. The van der Waals surface area contributed by atoms with Gasteiger partial charge in [-0.05, 0) is 30.4 Å². The molecule has 0 aliphatic carbocycles. The smallest absolute Gasteiger partial charge is 0.314 e. The molecule has 1 atom stereocenters. The summed E-state index contributed by atoms with van der Waals surface area (Å²) in [6.07, 6.45) is 0. The summed E-state index contributed by atoms with van der Waals surface area (Å²) in [5.74, 6) is -0.753. The molecule has 1 aromatic rings. The molecule has 0 heterocycles. The molecule has 0 aromatic heterocycles. The van der Waals surface area contributed by atoms with Crippen molar-refractivity contribution in [3.8, 4) is 0 Å². The Bertz CT molecular complexity index is 461. The van der Waals surface area contributed by atoms with Crippen molar-refractivity contribution < 1.29 is 13.6 Å². The van der Waals surface area contributed by atoms with Crippen molar-refractivity contribution >= 4 is 20.0 Å². The third kappa shape index (κ3) is 5.39. The zero-order valence-corrected chi connectivity index (χ0v) is 15.2. The molecular formula is C15H27ClNO3P.